The Labute approximate surface area is 266 Å². The maximum absolute atomic E-state index is 9.32. The number of unbranched alkanes of at least 4 members (excludes halogenated alkanes) is 9. The van der Waals surface area contributed by atoms with E-state index in [-0.39, 0.29) is 14.5 Å². The van der Waals surface area contributed by atoms with Crippen molar-refractivity contribution in [2.24, 2.45) is 0 Å². The molecule has 5 rings (SSSR count). The molecule has 212 valence electrons. The quantitative estimate of drug-likeness (QED) is 0.0579. The third kappa shape index (κ3) is 8.32. The summed E-state index contributed by atoms with van der Waals surface area (Å²) in [6.07, 6.45) is 16.7. The standard InChI is InChI=1S/C34H36N2S4Se/c1-3-4-5-6-7-8-9-10-11-12-13-25-14-15-29(38-25)34-22-28(36-2)33(41-34)21-27-20-32-31(40-27)19-26(39-32)18-30-24(23-35)16-17-37-30/h14-17,19-20,22H,3-13,18,21H2,1H3. The number of hydrogen-bond acceptors (Lipinski definition) is 5. The molecule has 0 unspecified atom stereocenters. The van der Waals surface area contributed by atoms with Gasteiger partial charge in [0.1, 0.15) is 0 Å². The van der Waals surface area contributed by atoms with Crippen molar-refractivity contribution >= 4 is 74.9 Å². The van der Waals surface area contributed by atoms with E-state index in [1.54, 1.807) is 11.3 Å². The van der Waals surface area contributed by atoms with E-state index in [0.717, 1.165) is 29.0 Å². The zero-order valence-corrected chi connectivity index (χ0v) is 28.6. The molecule has 0 fully saturated rings. The summed E-state index contributed by atoms with van der Waals surface area (Å²) in [5, 5.41) is 11.3. The molecule has 41 heavy (non-hydrogen) atoms. The van der Waals surface area contributed by atoms with E-state index >= 15 is 0 Å². The summed E-state index contributed by atoms with van der Waals surface area (Å²) in [5.74, 6) is 0. The summed E-state index contributed by atoms with van der Waals surface area (Å²) < 4.78 is 5.35. The van der Waals surface area contributed by atoms with Crippen LogP contribution in [0, 0.1) is 17.9 Å². The van der Waals surface area contributed by atoms with Gasteiger partial charge < -0.3 is 0 Å². The normalized spacial score (nSPS) is 11.3. The Kier molecular flexibility index (Phi) is 11.5. The van der Waals surface area contributed by atoms with Crippen LogP contribution in [0.1, 0.15) is 101 Å². The van der Waals surface area contributed by atoms with Gasteiger partial charge in [-0.3, -0.25) is 0 Å². The van der Waals surface area contributed by atoms with Crippen LogP contribution in [0.5, 0.6) is 0 Å². The summed E-state index contributed by atoms with van der Waals surface area (Å²) in [6.45, 7) is 10.1. The van der Waals surface area contributed by atoms with Crippen molar-refractivity contribution in [1.29, 1.82) is 5.26 Å². The molecule has 5 aromatic heterocycles. The summed E-state index contributed by atoms with van der Waals surface area (Å²) in [7, 11) is 0. The topological polar surface area (TPSA) is 28.1 Å². The Bertz CT molecular complexity index is 1600. The predicted octanol–water partition coefficient (Wildman–Crippen LogP) is 11.9. The maximum atomic E-state index is 9.32. The second kappa shape index (κ2) is 15.5. The van der Waals surface area contributed by atoms with Crippen molar-refractivity contribution in [3.8, 4) is 15.4 Å². The van der Waals surface area contributed by atoms with Crippen molar-refractivity contribution < 1.29 is 0 Å². The number of nitrogens with zero attached hydrogens (tertiary/aromatic N) is 2. The van der Waals surface area contributed by atoms with Gasteiger partial charge in [-0.2, -0.15) is 0 Å². The molecule has 0 aliphatic rings. The number of rotatable bonds is 16. The SMILES string of the molecule is [C-]#[N+]c1cc(-c2ccc(CCCCCCCCCCCC)s2)[se]c1Cc1cc2sc(Cc3sccc3C#N)cc2s1. The Morgan fingerprint density at radius 1 is 0.805 bits per heavy atom. The van der Waals surface area contributed by atoms with Crippen LogP contribution in [0.4, 0.5) is 5.69 Å². The van der Waals surface area contributed by atoms with Crippen LogP contribution in [0.2, 0.25) is 0 Å². The van der Waals surface area contributed by atoms with Gasteiger partial charge in [0.25, 0.3) is 0 Å². The average Bonchev–Trinajstić information content (AvgIpc) is 3.79. The zero-order valence-electron chi connectivity index (χ0n) is 23.7. The predicted molar refractivity (Wildman–Crippen MR) is 183 cm³/mol. The second-order valence-corrected chi connectivity index (χ2v) is 17.5. The molecule has 0 radical (unpaired) electrons. The van der Waals surface area contributed by atoms with Crippen molar-refractivity contribution in [1.82, 2.24) is 0 Å². The minimum atomic E-state index is 0.217. The number of nitriles is 1. The van der Waals surface area contributed by atoms with Gasteiger partial charge in [-0.25, -0.2) is 0 Å². The van der Waals surface area contributed by atoms with Crippen LogP contribution >= 0.6 is 45.3 Å². The van der Waals surface area contributed by atoms with E-state index in [2.05, 4.69) is 48.2 Å². The van der Waals surface area contributed by atoms with Crippen molar-refractivity contribution in [2.45, 2.75) is 90.4 Å². The van der Waals surface area contributed by atoms with Gasteiger partial charge in [-0.05, 0) is 0 Å². The molecule has 0 saturated carbocycles. The fourth-order valence-corrected chi connectivity index (χ4v) is 12.4. The van der Waals surface area contributed by atoms with Crippen LogP contribution < -0.4 is 0 Å². The molecule has 5 heterocycles. The third-order valence-corrected chi connectivity index (χ3v) is 14.5. The Hall–Kier alpha value is -1.96. The van der Waals surface area contributed by atoms with E-state index in [1.165, 1.54) is 108 Å². The summed E-state index contributed by atoms with van der Waals surface area (Å²) in [4.78, 5) is 10.6. The van der Waals surface area contributed by atoms with E-state index < -0.39 is 0 Å². The van der Waals surface area contributed by atoms with Crippen LogP contribution in [0.25, 0.3) is 23.6 Å². The third-order valence-electron chi connectivity index (χ3n) is 7.43. The van der Waals surface area contributed by atoms with Gasteiger partial charge in [-0.15, -0.1) is 0 Å². The monoisotopic (exact) mass is 680 g/mol. The van der Waals surface area contributed by atoms with E-state index in [9.17, 15) is 5.26 Å². The Balaban J connectivity index is 1.13. The molecule has 0 atom stereocenters. The number of thiophene rings is 4. The Morgan fingerprint density at radius 3 is 2.17 bits per heavy atom. The van der Waals surface area contributed by atoms with E-state index in [1.807, 2.05) is 45.5 Å². The molecule has 5 aromatic rings. The van der Waals surface area contributed by atoms with Crippen LogP contribution in [0.3, 0.4) is 0 Å². The molecule has 0 aromatic carbocycles. The molecule has 0 bridgehead atoms. The molecular weight excluding hydrogens is 644 g/mol. The summed E-state index contributed by atoms with van der Waals surface area (Å²) >= 11 is 7.53. The number of aryl methyl sites for hydroxylation is 1. The van der Waals surface area contributed by atoms with Gasteiger partial charge in [0.2, 0.25) is 0 Å². The average molecular weight is 680 g/mol. The second-order valence-electron chi connectivity index (χ2n) is 10.6. The van der Waals surface area contributed by atoms with Crippen LogP contribution in [-0.2, 0) is 19.3 Å². The van der Waals surface area contributed by atoms with Crippen molar-refractivity contribution in [3.05, 3.63) is 82.7 Å². The summed E-state index contributed by atoms with van der Waals surface area (Å²) in [6, 6.07) is 15.6. The zero-order chi connectivity index (χ0) is 28.4. The van der Waals surface area contributed by atoms with Crippen molar-refractivity contribution in [3.63, 3.8) is 0 Å². The molecule has 0 saturated heterocycles. The molecule has 0 amide bonds. The fraction of sp³-hybridized carbons (Fsp3) is 0.412. The molecule has 7 heteroatoms. The molecule has 0 spiro atoms. The van der Waals surface area contributed by atoms with Crippen molar-refractivity contribution in [2.75, 3.05) is 0 Å². The molecule has 2 nitrogen and oxygen atoms in total. The fourth-order valence-electron chi connectivity index (χ4n) is 5.20. The first-order chi connectivity index (χ1) is 20.2. The van der Waals surface area contributed by atoms with Gasteiger partial charge in [0.15, 0.2) is 0 Å². The first-order valence-electron chi connectivity index (χ1n) is 14.7. The Morgan fingerprint density at radius 2 is 1.49 bits per heavy atom. The summed E-state index contributed by atoms with van der Waals surface area (Å²) in [5.41, 5.74) is 1.67. The van der Waals surface area contributed by atoms with Gasteiger partial charge in [0.05, 0.1) is 0 Å². The van der Waals surface area contributed by atoms with Crippen LogP contribution in [0.15, 0.2) is 41.8 Å². The van der Waals surface area contributed by atoms with Gasteiger partial charge in [-0.1, -0.05) is 26.2 Å². The molecule has 0 aliphatic carbocycles. The van der Waals surface area contributed by atoms with Gasteiger partial charge >= 0.3 is 242 Å². The first kappa shape index (κ1) is 30.5. The number of hydrogen-bond donors (Lipinski definition) is 0. The minimum absolute atomic E-state index is 0.217. The number of fused-ring (bicyclic) bond motifs is 1. The first-order valence-corrected chi connectivity index (χ1v) is 19.8. The van der Waals surface area contributed by atoms with Gasteiger partial charge in [0, 0.05) is 0 Å². The molecule has 0 N–H and O–H groups in total. The van der Waals surface area contributed by atoms with Crippen LogP contribution in [-0.4, -0.2) is 14.5 Å². The van der Waals surface area contributed by atoms with E-state index in [4.69, 9.17) is 6.57 Å². The molecule has 0 aliphatic heterocycles. The van der Waals surface area contributed by atoms with E-state index in [0.29, 0.717) is 0 Å². The molecular formula is C34H36N2S4Se.